The smallest absolute Gasteiger partial charge is 0.364 e. The summed E-state index contributed by atoms with van der Waals surface area (Å²) in [6.45, 7) is 1.93. The van der Waals surface area contributed by atoms with Crippen molar-refractivity contribution in [3.05, 3.63) is 54.1 Å². The van der Waals surface area contributed by atoms with Gasteiger partial charge in [0.15, 0.2) is 0 Å². The fourth-order valence-electron chi connectivity index (χ4n) is 2.22. The lowest BCUT2D eigenvalue weighted by Gasteiger charge is -1.99. The van der Waals surface area contributed by atoms with Crippen molar-refractivity contribution in [2.24, 2.45) is 0 Å². The quantitative estimate of drug-likeness (QED) is 0.728. The molecule has 0 unspecified atom stereocenters. The van der Waals surface area contributed by atoms with E-state index in [9.17, 15) is 5.11 Å². The highest BCUT2D eigenvalue weighted by Gasteiger charge is 2.17. The van der Waals surface area contributed by atoms with E-state index < -0.39 is 0 Å². The molecular formula is C17H15ClO3. The molecule has 108 valence electrons. The van der Waals surface area contributed by atoms with Gasteiger partial charge in [-0.1, -0.05) is 0 Å². The van der Waals surface area contributed by atoms with Crippen molar-refractivity contribution >= 4 is 11.0 Å². The van der Waals surface area contributed by atoms with Crippen LogP contribution in [-0.2, 0) is 0 Å². The van der Waals surface area contributed by atoms with Gasteiger partial charge in [-0.15, -0.1) is 0 Å². The van der Waals surface area contributed by atoms with Gasteiger partial charge >= 0.3 is 11.3 Å². The lowest BCUT2D eigenvalue weighted by Crippen LogP contribution is -3.00. The highest BCUT2D eigenvalue weighted by molar-refractivity contribution is 5.85. The van der Waals surface area contributed by atoms with E-state index in [1.54, 1.807) is 13.2 Å². The third-order valence-electron chi connectivity index (χ3n) is 3.26. The van der Waals surface area contributed by atoms with Crippen LogP contribution in [0, 0.1) is 6.92 Å². The Morgan fingerprint density at radius 2 is 1.71 bits per heavy atom. The van der Waals surface area contributed by atoms with E-state index in [4.69, 9.17) is 9.15 Å². The number of rotatable bonds is 2. The van der Waals surface area contributed by atoms with Crippen molar-refractivity contribution in [2.45, 2.75) is 6.92 Å². The van der Waals surface area contributed by atoms with Gasteiger partial charge in [0.25, 0.3) is 0 Å². The van der Waals surface area contributed by atoms with Gasteiger partial charge in [0.05, 0.1) is 12.7 Å². The van der Waals surface area contributed by atoms with Gasteiger partial charge in [-0.2, -0.15) is 0 Å². The van der Waals surface area contributed by atoms with Gasteiger partial charge in [0.2, 0.25) is 0 Å². The first kappa shape index (κ1) is 15.1. The van der Waals surface area contributed by atoms with Crippen LogP contribution in [0.5, 0.6) is 11.5 Å². The van der Waals surface area contributed by atoms with Crippen LogP contribution in [0.15, 0.2) is 52.9 Å². The van der Waals surface area contributed by atoms with E-state index in [1.807, 2.05) is 49.4 Å². The molecule has 2 aromatic carbocycles. The SMILES string of the molecule is COc1ccc(-c2ccc3c(O)cc(C)cc3[o+]2)cc1.[Cl-]. The van der Waals surface area contributed by atoms with Crippen molar-refractivity contribution in [2.75, 3.05) is 7.11 Å². The number of halogens is 1. The van der Waals surface area contributed by atoms with Gasteiger partial charge in [0, 0.05) is 12.1 Å². The van der Waals surface area contributed by atoms with E-state index in [0.29, 0.717) is 11.0 Å². The molecule has 0 radical (unpaired) electrons. The summed E-state index contributed by atoms with van der Waals surface area (Å²) in [5.41, 5.74) is 2.61. The zero-order valence-electron chi connectivity index (χ0n) is 11.8. The number of hydrogen-bond donors (Lipinski definition) is 1. The summed E-state index contributed by atoms with van der Waals surface area (Å²) >= 11 is 0. The number of aryl methyl sites for hydroxylation is 1. The van der Waals surface area contributed by atoms with Crippen LogP contribution >= 0.6 is 0 Å². The molecule has 3 nitrogen and oxygen atoms in total. The molecular weight excluding hydrogens is 288 g/mol. The van der Waals surface area contributed by atoms with Crippen LogP contribution in [0.3, 0.4) is 0 Å². The Morgan fingerprint density at radius 3 is 2.38 bits per heavy atom. The number of phenolic OH excluding ortho intramolecular Hbond substituents is 1. The maximum Gasteiger partial charge on any atom is 0.364 e. The Labute approximate surface area is 129 Å². The summed E-state index contributed by atoms with van der Waals surface area (Å²) in [7, 11) is 1.64. The van der Waals surface area contributed by atoms with Crippen LogP contribution in [0.25, 0.3) is 22.3 Å². The minimum Gasteiger partial charge on any atom is -1.00 e. The molecule has 0 fully saturated rings. The molecule has 4 heteroatoms. The fourth-order valence-corrected chi connectivity index (χ4v) is 2.22. The molecule has 0 amide bonds. The molecule has 1 aromatic heterocycles. The summed E-state index contributed by atoms with van der Waals surface area (Å²) in [6, 6.07) is 15.0. The van der Waals surface area contributed by atoms with Crippen LogP contribution in [-0.4, -0.2) is 12.2 Å². The molecule has 0 aliphatic carbocycles. The van der Waals surface area contributed by atoms with Crippen LogP contribution in [0.1, 0.15) is 5.56 Å². The molecule has 0 aliphatic heterocycles. The Bertz CT molecular complexity index is 767. The highest BCUT2D eigenvalue weighted by Crippen LogP contribution is 2.31. The van der Waals surface area contributed by atoms with E-state index in [0.717, 1.165) is 22.6 Å². The van der Waals surface area contributed by atoms with Crippen LogP contribution in [0.4, 0.5) is 0 Å². The monoisotopic (exact) mass is 302 g/mol. The van der Waals surface area contributed by atoms with Crippen molar-refractivity contribution in [3.8, 4) is 22.8 Å². The van der Waals surface area contributed by atoms with Gasteiger partial charge in [-0.05, 0) is 48.9 Å². The van der Waals surface area contributed by atoms with Gasteiger partial charge in [-0.3, -0.25) is 0 Å². The van der Waals surface area contributed by atoms with E-state index in [-0.39, 0.29) is 18.2 Å². The number of aromatic hydroxyl groups is 1. The summed E-state index contributed by atoms with van der Waals surface area (Å²) < 4.78 is 11.0. The van der Waals surface area contributed by atoms with E-state index in [1.165, 1.54) is 0 Å². The third-order valence-corrected chi connectivity index (χ3v) is 3.26. The minimum atomic E-state index is 0. The second-order valence-electron chi connectivity index (χ2n) is 4.72. The minimum absolute atomic E-state index is 0. The Kier molecular flexibility index (Phi) is 4.34. The lowest BCUT2D eigenvalue weighted by atomic mass is 10.1. The maximum atomic E-state index is 9.91. The van der Waals surface area contributed by atoms with Gasteiger partial charge < -0.3 is 22.3 Å². The number of benzene rings is 2. The fraction of sp³-hybridized carbons (Fsp3) is 0.118. The standard InChI is InChI=1S/C17H14O3.ClH/c1-11-9-15(18)14-7-8-16(20-17(14)10-11)12-3-5-13(19-2)6-4-12;/h3-10H,1-2H3;1H. The molecule has 1 heterocycles. The summed E-state index contributed by atoms with van der Waals surface area (Å²) in [6.07, 6.45) is 0. The molecule has 0 spiro atoms. The predicted octanol–water partition coefficient (Wildman–Crippen LogP) is 1.41. The zero-order valence-corrected chi connectivity index (χ0v) is 12.5. The van der Waals surface area contributed by atoms with Crippen molar-refractivity contribution in [3.63, 3.8) is 0 Å². The number of fused-ring (bicyclic) bond motifs is 1. The van der Waals surface area contributed by atoms with Crippen LogP contribution < -0.4 is 17.1 Å². The van der Waals surface area contributed by atoms with Gasteiger partial charge in [0.1, 0.15) is 16.9 Å². The average molecular weight is 303 g/mol. The second-order valence-corrected chi connectivity index (χ2v) is 4.72. The molecule has 3 aromatic rings. The Morgan fingerprint density at radius 1 is 1.00 bits per heavy atom. The van der Waals surface area contributed by atoms with Crippen molar-refractivity contribution in [1.29, 1.82) is 0 Å². The average Bonchev–Trinajstić information content (AvgIpc) is 2.46. The number of ether oxygens (including phenoxy) is 1. The molecule has 0 saturated heterocycles. The summed E-state index contributed by atoms with van der Waals surface area (Å²) in [4.78, 5) is 0. The molecule has 21 heavy (non-hydrogen) atoms. The van der Waals surface area contributed by atoms with Gasteiger partial charge in [-0.25, -0.2) is 4.42 Å². The maximum absolute atomic E-state index is 9.91. The molecule has 0 aliphatic rings. The molecule has 0 bridgehead atoms. The number of hydrogen-bond acceptors (Lipinski definition) is 2. The topological polar surface area (TPSA) is 40.8 Å². The van der Waals surface area contributed by atoms with Crippen molar-refractivity contribution < 1.29 is 26.7 Å². The third kappa shape index (κ3) is 2.93. The molecule has 0 atom stereocenters. The first-order chi connectivity index (χ1) is 9.67. The lowest BCUT2D eigenvalue weighted by molar-refractivity contribution is -0.00000588. The summed E-state index contributed by atoms with van der Waals surface area (Å²) in [5.74, 6) is 1.80. The predicted molar refractivity (Wildman–Crippen MR) is 79.0 cm³/mol. The first-order valence-electron chi connectivity index (χ1n) is 6.38. The normalized spacial score (nSPS) is 10.2. The first-order valence-corrected chi connectivity index (χ1v) is 6.38. The second kappa shape index (κ2) is 6.02. The van der Waals surface area contributed by atoms with E-state index in [2.05, 4.69) is 0 Å². The number of methoxy groups -OCH3 is 1. The Balaban J connectivity index is 0.00000161. The molecule has 1 N–H and O–H groups in total. The molecule has 0 saturated carbocycles. The van der Waals surface area contributed by atoms with Crippen molar-refractivity contribution in [1.82, 2.24) is 0 Å². The number of phenols is 1. The van der Waals surface area contributed by atoms with Crippen LogP contribution in [0.2, 0.25) is 0 Å². The summed E-state index contributed by atoms with van der Waals surface area (Å²) in [5, 5.41) is 10.6. The highest BCUT2D eigenvalue weighted by atomic mass is 35.5. The zero-order chi connectivity index (χ0) is 14.1. The molecule has 3 rings (SSSR count). The largest absolute Gasteiger partial charge is 1.00 e. The Hall–Kier alpha value is -2.26. The van der Waals surface area contributed by atoms with E-state index >= 15 is 0 Å².